The lowest BCUT2D eigenvalue weighted by atomic mass is 9.86. The highest BCUT2D eigenvalue weighted by Gasteiger charge is 2.37. The molecule has 36 heavy (non-hydrogen) atoms. The molecule has 1 N–H and O–H groups in total. The van der Waals surface area contributed by atoms with Crippen LogP contribution in [-0.4, -0.2) is 40.1 Å². The van der Waals surface area contributed by atoms with E-state index >= 15 is 0 Å². The molecule has 2 aliphatic heterocycles. The second kappa shape index (κ2) is 9.58. The third-order valence-electron chi connectivity index (χ3n) is 6.37. The molecule has 0 aromatic heterocycles. The van der Waals surface area contributed by atoms with Gasteiger partial charge in [-0.25, -0.2) is 4.39 Å². The number of anilines is 2. The minimum Gasteiger partial charge on any atom is -0.360 e. The number of imide groups is 1. The van der Waals surface area contributed by atoms with E-state index in [0.717, 1.165) is 44.6 Å². The number of halogens is 1. The maximum absolute atomic E-state index is 13.1. The fourth-order valence-electron chi connectivity index (χ4n) is 4.97. The summed E-state index contributed by atoms with van der Waals surface area (Å²) in [6, 6.07) is 9.77. The molecular weight excluding hydrogens is 477 g/mol. The second-order valence-electron chi connectivity index (χ2n) is 9.99. The van der Waals surface area contributed by atoms with Gasteiger partial charge in [0, 0.05) is 23.0 Å². The molecule has 0 spiro atoms. The first kappa shape index (κ1) is 25.7. The maximum atomic E-state index is 13.1. The summed E-state index contributed by atoms with van der Waals surface area (Å²) in [5.41, 5.74) is 5.50. The van der Waals surface area contributed by atoms with Gasteiger partial charge in [0.15, 0.2) is 0 Å². The molecule has 3 amide bonds. The number of thioether (sulfide) groups is 1. The van der Waals surface area contributed by atoms with E-state index < -0.39 is 29.4 Å². The van der Waals surface area contributed by atoms with Crippen molar-refractivity contribution >= 4 is 51.8 Å². The summed E-state index contributed by atoms with van der Waals surface area (Å²) in [6.07, 6.45) is 3.98. The van der Waals surface area contributed by atoms with E-state index in [9.17, 15) is 18.8 Å². The summed E-state index contributed by atoms with van der Waals surface area (Å²) < 4.78 is 13.1. The first-order valence-electron chi connectivity index (χ1n) is 11.8. The zero-order valence-corrected chi connectivity index (χ0v) is 22.1. The molecule has 0 atom stereocenters. The number of carbonyl (C=O) groups excluding carboxylic acids is 3. The zero-order chi connectivity index (χ0) is 26.4. The maximum Gasteiger partial charge on any atom is 0.294 e. The van der Waals surface area contributed by atoms with Gasteiger partial charge < -0.3 is 10.2 Å². The lowest BCUT2D eigenvalue weighted by molar-refractivity contribution is -0.127. The Labute approximate surface area is 215 Å². The van der Waals surface area contributed by atoms with Gasteiger partial charge in [-0.3, -0.25) is 19.3 Å². The van der Waals surface area contributed by atoms with Crippen LogP contribution >= 0.6 is 11.8 Å². The van der Waals surface area contributed by atoms with Crippen molar-refractivity contribution in [3.05, 3.63) is 69.9 Å². The highest BCUT2D eigenvalue weighted by atomic mass is 32.2. The lowest BCUT2D eigenvalue weighted by Gasteiger charge is -2.46. The topological polar surface area (TPSA) is 69.7 Å². The van der Waals surface area contributed by atoms with Crippen LogP contribution in [0.25, 0.3) is 11.6 Å². The molecule has 2 aromatic carbocycles. The Hall–Kier alpha value is -3.39. The molecule has 0 unspecified atom stereocenters. The third kappa shape index (κ3) is 4.95. The largest absolute Gasteiger partial charge is 0.360 e. The second-order valence-corrected chi connectivity index (χ2v) is 11.0. The molecule has 4 rings (SSSR count). The van der Waals surface area contributed by atoms with Crippen LogP contribution in [0.4, 0.5) is 20.6 Å². The fraction of sp³-hybridized carbons (Fsp3) is 0.321. The number of allylic oxidation sites excluding steroid dienone is 1. The van der Waals surface area contributed by atoms with E-state index in [0.29, 0.717) is 11.7 Å². The van der Waals surface area contributed by atoms with Crippen LogP contribution in [0.15, 0.2) is 47.4 Å². The number of fused-ring (bicyclic) bond motifs is 1. The smallest absolute Gasteiger partial charge is 0.294 e. The van der Waals surface area contributed by atoms with Gasteiger partial charge in [0.1, 0.15) is 12.4 Å². The summed E-state index contributed by atoms with van der Waals surface area (Å²) in [5, 5.41) is 2.08. The summed E-state index contributed by atoms with van der Waals surface area (Å²) in [7, 11) is 0. The van der Waals surface area contributed by atoms with Gasteiger partial charge in [-0.1, -0.05) is 6.08 Å². The average molecular weight is 508 g/mol. The Morgan fingerprint density at radius 2 is 1.81 bits per heavy atom. The van der Waals surface area contributed by atoms with Crippen molar-refractivity contribution in [3.63, 3.8) is 0 Å². The Morgan fingerprint density at radius 3 is 2.44 bits per heavy atom. The lowest BCUT2D eigenvalue weighted by Crippen LogP contribution is -2.49. The van der Waals surface area contributed by atoms with Crippen LogP contribution in [0.5, 0.6) is 0 Å². The highest BCUT2D eigenvalue weighted by molar-refractivity contribution is 8.18. The summed E-state index contributed by atoms with van der Waals surface area (Å²) in [6.45, 7) is 12.4. The quantitative estimate of drug-likeness (QED) is 0.487. The van der Waals surface area contributed by atoms with E-state index in [4.69, 9.17) is 0 Å². The number of nitrogens with one attached hydrogen (secondary N) is 1. The van der Waals surface area contributed by atoms with Gasteiger partial charge in [0.2, 0.25) is 5.91 Å². The predicted octanol–water partition coefficient (Wildman–Crippen LogP) is 6.22. The molecule has 0 saturated carbocycles. The van der Waals surface area contributed by atoms with E-state index in [1.165, 1.54) is 24.3 Å². The number of hydrogen-bond donors (Lipinski definition) is 1. The first-order valence-corrected chi connectivity index (χ1v) is 12.6. The van der Waals surface area contributed by atoms with Crippen LogP contribution in [0.3, 0.4) is 0 Å². The Bertz CT molecular complexity index is 1310. The number of benzene rings is 2. The van der Waals surface area contributed by atoms with Crippen LogP contribution in [0, 0.1) is 12.7 Å². The Morgan fingerprint density at radius 1 is 1.14 bits per heavy atom. The van der Waals surface area contributed by atoms with Crippen molar-refractivity contribution in [1.82, 2.24) is 4.90 Å². The highest BCUT2D eigenvalue weighted by Crippen LogP contribution is 2.42. The molecule has 2 aliphatic rings. The van der Waals surface area contributed by atoms with Crippen molar-refractivity contribution < 1.29 is 18.8 Å². The molecule has 188 valence electrons. The number of carbonyl (C=O) groups is 3. The van der Waals surface area contributed by atoms with Crippen molar-refractivity contribution in [1.29, 1.82) is 0 Å². The molecule has 1 saturated heterocycles. The van der Waals surface area contributed by atoms with E-state index in [1.807, 2.05) is 6.92 Å². The summed E-state index contributed by atoms with van der Waals surface area (Å²) in [5.74, 6) is -1.46. The number of rotatable bonds is 5. The fourth-order valence-corrected chi connectivity index (χ4v) is 5.80. The third-order valence-corrected chi connectivity index (χ3v) is 7.27. The monoisotopic (exact) mass is 507 g/mol. The molecule has 8 heteroatoms. The van der Waals surface area contributed by atoms with E-state index in [-0.39, 0.29) is 10.4 Å². The molecule has 0 aliphatic carbocycles. The number of amides is 3. The number of aryl methyl sites for hydroxylation is 1. The van der Waals surface area contributed by atoms with Gasteiger partial charge in [0.25, 0.3) is 11.1 Å². The normalized spacial score (nSPS) is 18.1. The van der Waals surface area contributed by atoms with Gasteiger partial charge in [-0.05, 0) is 112 Å². The minimum atomic E-state index is -0.535. The van der Waals surface area contributed by atoms with Crippen LogP contribution < -0.4 is 10.2 Å². The van der Waals surface area contributed by atoms with Gasteiger partial charge in [0.05, 0.1) is 10.4 Å². The standard InChI is InChI=1S/C28H30FN3O3S/c1-16(2)32-23-11-17(3)19(12-22(23)18(4)14-28(32,5)6)13-24-26(34)31(27(35)36-24)15-25(33)30-21-9-7-20(29)8-10-21/h7-14,16H,15H2,1-6H3,(H,30,33)/b24-13-. The van der Waals surface area contributed by atoms with Crippen LogP contribution in [0.2, 0.25) is 0 Å². The molecular formula is C28H30FN3O3S. The van der Waals surface area contributed by atoms with Crippen LogP contribution in [0.1, 0.15) is 51.3 Å². The van der Waals surface area contributed by atoms with Crippen molar-refractivity contribution in [2.24, 2.45) is 0 Å². The SMILES string of the molecule is CC1=CC(C)(C)N(C(C)C)c2cc(C)c(/C=C3\SC(=O)N(CC(=O)Nc4ccc(F)cc4)C3=O)cc21. The van der Waals surface area contributed by atoms with Gasteiger partial charge in [-0.15, -0.1) is 0 Å². The van der Waals surface area contributed by atoms with Crippen LogP contribution in [-0.2, 0) is 9.59 Å². The Kier molecular flexibility index (Phi) is 6.84. The van der Waals surface area contributed by atoms with Crippen molar-refractivity contribution in [2.75, 3.05) is 16.8 Å². The summed E-state index contributed by atoms with van der Waals surface area (Å²) in [4.78, 5) is 41.6. The average Bonchev–Trinajstić information content (AvgIpc) is 3.03. The summed E-state index contributed by atoms with van der Waals surface area (Å²) >= 11 is 0.823. The van der Waals surface area contributed by atoms with Gasteiger partial charge >= 0.3 is 0 Å². The zero-order valence-electron chi connectivity index (χ0n) is 21.3. The van der Waals surface area contributed by atoms with Crippen molar-refractivity contribution in [3.8, 4) is 0 Å². The predicted molar refractivity (Wildman–Crippen MR) is 144 cm³/mol. The molecule has 2 heterocycles. The number of nitrogens with zero attached hydrogens (tertiary/aromatic N) is 2. The van der Waals surface area contributed by atoms with E-state index in [1.54, 1.807) is 6.08 Å². The first-order chi connectivity index (χ1) is 16.9. The number of hydrogen-bond acceptors (Lipinski definition) is 5. The van der Waals surface area contributed by atoms with E-state index in [2.05, 4.69) is 63.0 Å². The molecule has 6 nitrogen and oxygen atoms in total. The molecule has 2 aromatic rings. The van der Waals surface area contributed by atoms with Gasteiger partial charge in [-0.2, -0.15) is 0 Å². The molecule has 1 fully saturated rings. The molecule has 0 radical (unpaired) electrons. The minimum absolute atomic E-state index is 0.129. The molecule has 0 bridgehead atoms. The Balaban J connectivity index is 1.58. The van der Waals surface area contributed by atoms with Crippen molar-refractivity contribution in [2.45, 2.75) is 53.1 Å².